The van der Waals surface area contributed by atoms with E-state index in [1.165, 1.54) is 32.1 Å². The van der Waals surface area contributed by atoms with Crippen LogP contribution >= 0.6 is 0 Å². The zero-order valence-corrected chi connectivity index (χ0v) is 14.1. The van der Waals surface area contributed by atoms with Gasteiger partial charge in [0.25, 0.3) is 0 Å². The normalized spacial score (nSPS) is 14.7. The quantitative estimate of drug-likeness (QED) is 0.454. The van der Waals surface area contributed by atoms with E-state index in [4.69, 9.17) is 0 Å². The van der Waals surface area contributed by atoms with Crippen LogP contribution in [0.25, 0.3) is 0 Å². The Morgan fingerprint density at radius 3 is 2.20 bits per heavy atom. The Bertz CT molecular complexity index is 164. The molecule has 0 heterocycles. The average molecular weight is 428 g/mol. The van der Waals surface area contributed by atoms with Crippen LogP contribution in [0.3, 0.4) is 0 Å². The smallest absolute Gasteiger partial charge is 0.328 e. The van der Waals surface area contributed by atoms with E-state index in [1.807, 2.05) is 13.0 Å². The van der Waals surface area contributed by atoms with Crippen molar-refractivity contribution in [3.63, 3.8) is 0 Å². The Morgan fingerprint density at radius 1 is 1.33 bits per heavy atom. The third-order valence-electron chi connectivity index (χ3n) is 2.07. The summed E-state index contributed by atoms with van der Waals surface area (Å²) in [5.74, 6) is 0. The van der Waals surface area contributed by atoms with Gasteiger partial charge in [0.2, 0.25) is 0 Å². The third kappa shape index (κ3) is 14.3. The standard InChI is InChI=1S/C8H11.C6H11.U/c1-4-6-7-8(3)5-2;1-2-4-6-5-3-1;/h5,7H,2-4H2,1H3;1H,2-6H2;/q2*-1;+2. The molecule has 1 heteroatoms. The van der Waals surface area contributed by atoms with E-state index >= 15 is 0 Å². The van der Waals surface area contributed by atoms with Gasteiger partial charge >= 0.3 is 31.1 Å². The van der Waals surface area contributed by atoms with Gasteiger partial charge in [-0.15, -0.1) is 19.1 Å². The van der Waals surface area contributed by atoms with Crippen LogP contribution < -0.4 is 0 Å². The summed E-state index contributed by atoms with van der Waals surface area (Å²) in [6.45, 7) is 9.25. The summed E-state index contributed by atoms with van der Waals surface area (Å²) >= 11 is 0. The molecule has 0 nitrogen and oxygen atoms in total. The van der Waals surface area contributed by atoms with Crippen molar-refractivity contribution in [2.24, 2.45) is 0 Å². The van der Waals surface area contributed by atoms with Gasteiger partial charge in [-0.2, -0.15) is 25.0 Å². The minimum absolute atomic E-state index is 0. The summed E-state index contributed by atoms with van der Waals surface area (Å²) in [4.78, 5) is 0. The third-order valence-corrected chi connectivity index (χ3v) is 2.07. The Kier molecular flexibility index (Phi) is 16.8. The average Bonchev–Trinajstić information content (AvgIpc) is 2.29. The number of rotatable bonds is 3. The molecular weight excluding hydrogens is 406 g/mol. The van der Waals surface area contributed by atoms with Gasteiger partial charge in [0.1, 0.15) is 0 Å². The van der Waals surface area contributed by atoms with Crippen molar-refractivity contribution < 1.29 is 31.1 Å². The number of allylic oxidation sites excluding steroid dienone is 4. The molecule has 0 aromatic carbocycles. The summed E-state index contributed by atoms with van der Waals surface area (Å²) in [6, 6.07) is 0. The van der Waals surface area contributed by atoms with E-state index in [9.17, 15) is 0 Å². The van der Waals surface area contributed by atoms with Gasteiger partial charge in [0.15, 0.2) is 0 Å². The molecule has 0 unspecified atom stereocenters. The van der Waals surface area contributed by atoms with Crippen molar-refractivity contribution in [3.05, 3.63) is 43.4 Å². The van der Waals surface area contributed by atoms with E-state index in [0.29, 0.717) is 0 Å². The van der Waals surface area contributed by atoms with Crippen LogP contribution in [0.5, 0.6) is 0 Å². The Hall–Kier alpha value is 0.272. The topological polar surface area (TPSA) is 0 Å². The summed E-state index contributed by atoms with van der Waals surface area (Å²) in [6.07, 6.45) is 17.0. The van der Waals surface area contributed by atoms with Crippen LogP contribution in [0, 0.1) is 43.6 Å². The second kappa shape index (κ2) is 14.3. The second-order valence-corrected chi connectivity index (χ2v) is 3.41. The van der Waals surface area contributed by atoms with Gasteiger partial charge in [-0.1, -0.05) is 26.2 Å². The fourth-order valence-corrected chi connectivity index (χ4v) is 1.19. The first-order valence-electron chi connectivity index (χ1n) is 5.50. The zero-order chi connectivity index (χ0) is 10.6. The number of hydrogen-bond acceptors (Lipinski definition) is 0. The predicted octanol–water partition coefficient (Wildman–Crippen LogP) is 4.65. The van der Waals surface area contributed by atoms with Crippen LogP contribution in [0.15, 0.2) is 30.9 Å². The summed E-state index contributed by atoms with van der Waals surface area (Å²) in [7, 11) is 0. The fourth-order valence-electron chi connectivity index (χ4n) is 1.19. The Morgan fingerprint density at radius 2 is 1.93 bits per heavy atom. The molecule has 0 aromatic rings. The first kappa shape index (κ1) is 17.7. The van der Waals surface area contributed by atoms with Gasteiger partial charge in [-0.3, -0.25) is 6.08 Å². The maximum Gasteiger partial charge on any atom is 2.00 e. The Labute approximate surface area is 119 Å². The van der Waals surface area contributed by atoms with Crippen LogP contribution in [0.4, 0.5) is 0 Å². The van der Waals surface area contributed by atoms with E-state index in [1.54, 1.807) is 6.08 Å². The monoisotopic (exact) mass is 428 g/mol. The summed E-state index contributed by atoms with van der Waals surface area (Å²) in [5, 5.41) is 0. The molecule has 0 amide bonds. The predicted molar refractivity (Wildman–Crippen MR) is 64.8 cm³/mol. The first-order chi connectivity index (χ1) is 6.81. The van der Waals surface area contributed by atoms with Crippen LogP contribution in [-0.2, 0) is 0 Å². The molecule has 0 aromatic heterocycles. The molecule has 0 atom stereocenters. The van der Waals surface area contributed by atoms with Crippen molar-refractivity contribution in [3.8, 4) is 0 Å². The molecule has 1 aliphatic rings. The molecule has 0 spiro atoms. The van der Waals surface area contributed by atoms with E-state index in [-0.39, 0.29) is 31.1 Å². The maximum atomic E-state index is 3.67. The van der Waals surface area contributed by atoms with Crippen LogP contribution in [-0.4, -0.2) is 0 Å². The molecule has 1 aliphatic carbocycles. The molecule has 0 N–H and O–H groups in total. The minimum atomic E-state index is 0. The van der Waals surface area contributed by atoms with Crippen molar-refractivity contribution in [1.29, 1.82) is 0 Å². The molecule has 0 bridgehead atoms. The molecule has 0 saturated heterocycles. The molecule has 0 radical (unpaired) electrons. The second-order valence-electron chi connectivity index (χ2n) is 3.41. The van der Waals surface area contributed by atoms with Crippen LogP contribution in [0.2, 0.25) is 0 Å². The maximum absolute atomic E-state index is 3.67. The van der Waals surface area contributed by atoms with Crippen molar-refractivity contribution >= 4 is 0 Å². The van der Waals surface area contributed by atoms with E-state index in [0.717, 1.165) is 12.0 Å². The van der Waals surface area contributed by atoms with Crippen molar-refractivity contribution in [2.75, 3.05) is 0 Å². The van der Waals surface area contributed by atoms with Gasteiger partial charge in [-0.25, -0.2) is 6.08 Å². The molecular formula is C14H22U. The van der Waals surface area contributed by atoms with E-state index in [2.05, 4.69) is 25.7 Å². The molecule has 82 valence electrons. The van der Waals surface area contributed by atoms with Gasteiger partial charge in [-0.05, 0) is 0 Å². The number of hydrogen-bond donors (Lipinski definition) is 0. The van der Waals surface area contributed by atoms with Gasteiger partial charge in [0.05, 0.1) is 0 Å². The first-order valence-corrected chi connectivity index (χ1v) is 5.50. The molecule has 0 aliphatic heterocycles. The summed E-state index contributed by atoms with van der Waals surface area (Å²) < 4.78 is 0. The fraction of sp³-hybridized carbons (Fsp3) is 0.500. The van der Waals surface area contributed by atoms with Gasteiger partial charge in [0, 0.05) is 0 Å². The molecule has 15 heavy (non-hydrogen) atoms. The van der Waals surface area contributed by atoms with E-state index < -0.39 is 0 Å². The minimum Gasteiger partial charge on any atom is -0.328 e. The molecule has 1 rings (SSSR count). The van der Waals surface area contributed by atoms with Gasteiger partial charge < -0.3 is 6.42 Å². The van der Waals surface area contributed by atoms with Crippen molar-refractivity contribution in [1.82, 2.24) is 0 Å². The molecule has 1 fully saturated rings. The van der Waals surface area contributed by atoms with Crippen LogP contribution in [0.1, 0.15) is 45.4 Å². The zero-order valence-electron chi connectivity index (χ0n) is 9.89. The summed E-state index contributed by atoms with van der Waals surface area (Å²) in [5.41, 5.74) is 0.923. The SMILES string of the molecule is C=CC(=C)C=[C-]CC.[CH-]1CCCCC1.[U+2]. The molecule has 1 saturated carbocycles. The largest absolute Gasteiger partial charge is 2.00 e. The van der Waals surface area contributed by atoms with Crippen molar-refractivity contribution in [2.45, 2.75) is 45.4 Å². The Balaban J connectivity index is 0.